The maximum Gasteiger partial charge on any atom is 0.274 e. The van der Waals surface area contributed by atoms with E-state index in [4.69, 9.17) is 0 Å². The normalized spacial score (nSPS) is 10.6. The first-order valence-electron chi connectivity index (χ1n) is 9.42. The molecule has 2 rings (SSSR count). The van der Waals surface area contributed by atoms with E-state index in [0.29, 0.717) is 31.2 Å². The van der Waals surface area contributed by atoms with Crippen LogP contribution in [-0.2, 0) is 11.2 Å². The van der Waals surface area contributed by atoms with Gasteiger partial charge in [-0.15, -0.1) is 0 Å². The zero-order valence-corrected chi connectivity index (χ0v) is 16.1. The Bertz CT molecular complexity index is 705. The maximum absolute atomic E-state index is 12.7. The Kier molecular flexibility index (Phi) is 8.42. The number of carbonyl (C=O) groups is 2. The van der Waals surface area contributed by atoms with Gasteiger partial charge in [0.15, 0.2) is 0 Å². The Morgan fingerprint density at radius 1 is 1.11 bits per heavy atom. The highest BCUT2D eigenvalue weighted by molar-refractivity contribution is 5.92. The van der Waals surface area contributed by atoms with Crippen LogP contribution in [0.1, 0.15) is 42.7 Å². The Labute approximate surface area is 161 Å². The van der Waals surface area contributed by atoms with Crippen molar-refractivity contribution in [2.75, 3.05) is 19.6 Å². The van der Waals surface area contributed by atoms with Crippen molar-refractivity contribution in [1.82, 2.24) is 20.2 Å². The SMILES string of the molecule is CC(C)CCN(CCC(=O)NCCc1ccccc1)C(=O)c1cnccn1. The topological polar surface area (TPSA) is 75.2 Å². The van der Waals surface area contributed by atoms with Crippen LogP contribution in [0.4, 0.5) is 0 Å². The van der Waals surface area contributed by atoms with Gasteiger partial charge in [0.1, 0.15) is 5.69 Å². The van der Waals surface area contributed by atoms with Gasteiger partial charge in [-0.3, -0.25) is 14.6 Å². The van der Waals surface area contributed by atoms with Gasteiger partial charge in [0.25, 0.3) is 5.91 Å². The largest absolute Gasteiger partial charge is 0.356 e. The van der Waals surface area contributed by atoms with Gasteiger partial charge in [-0.25, -0.2) is 4.98 Å². The van der Waals surface area contributed by atoms with Gasteiger partial charge in [0.05, 0.1) is 6.20 Å². The van der Waals surface area contributed by atoms with Gasteiger partial charge in [-0.05, 0) is 24.3 Å². The number of benzene rings is 1. The molecule has 1 aromatic heterocycles. The quantitative estimate of drug-likeness (QED) is 0.700. The van der Waals surface area contributed by atoms with Gasteiger partial charge < -0.3 is 10.2 Å². The molecule has 0 radical (unpaired) electrons. The number of carbonyl (C=O) groups excluding carboxylic acids is 2. The molecule has 1 aromatic carbocycles. The lowest BCUT2D eigenvalue weighted by Gasteiger charge is -2.23. The highest BCUT2D eigenvalue weighted by Crippen LogP contribution is 2.07. The summed E-state index contributed by atoms with van der Waals surface area (Å²) in [6, 6.07) is 10.0. The van der Waals surface area contributed by atoms with Crippen molar-refractivity contribution in [1.29, 1.82) is 0 Å². The summed E-state index contributed by atoms with van der Waals surface area (Å²) in [6.45, 7) is 5.79. The zero-order valence-electron chi connectivity index (χ0n) is 16.1. The number of amides is 2. The maximum atomic E-state index is 12.7. The summed E-state index contributed by atoms with van der Waals surface area (Å²) in [7, 11) is 0. The molecule has 0 aliphatic heterocycles. The molecular weight excluding hydrogens is 340 g/mol. The van der Waals surface area contributed by atoms with Crippen LogP contribution in [0.5, 0.6) is 0 Å². The van der Waals surface area contributed by atoms with Crippen molar-refractivity contribution in [3.63, 3.8) is 0 Å². The molecule has 0 aliphatic carbocycles. The Morgan fingerprint density at radius 2 is 1.89 bits per heavy atom. The van der Waals surface area contributed by atoms with Crippen LogP contribution >= 0.6 is 0 Å². The van der Waals surface area contributed by atoms with Crippen molar-refractivity contribution >= 4 is 11.8 Å². The highest BCUT2D eigenvalue weighted by Gasteiger charge is 2.18. The van der Waals surface area contributed by atoms with E-state index in [0.717, 1.165) is 12.8 Å². The van der Waals surface area contributed by atoms with E-state index in [1.165, 1.54) is 24.2 Å². The average Bonchev–Trinajstić information content (AvgIpc) is 2.69. The van der Waals surface area contributed by atoms with Crippen molar-refractivity contribution in [2.24, 2.45) is 5.92 Å². The predicted molar refractivity (Wildman–Crippen MR) is 105 cm³/mol. The molecule has 0 bridgehead atoms. The molecule has 1 heterocycles. The molecule has 2 amide bonds. The van der Waals surface area contributed by atoms with E-state index in [1.807, 2.05) is 30.3 Å². The van der Waals surface area contributed by atoms with Crippen LogP contribution < -0.4 is 5.32 Å². The number of nitrogens with zero attached hydrogens (tertiary/aromatic N) is 3. The minimum Gasteiger partial charge on any atom is -0.356 e. The molecular formula is C21H28N4O2. The van der Waals surface area contributed by atoms with Crippen molar-refractivity contribution in [3.05, 3.63) is 60.2 Å². The molecule has 0 saturated heterocycles. The van der Waals surface area contributed by atoms with Crippen LogP contribution in [0.25, 0.3) is 0 Å². The number of rotatable bonds is 10. The van der Waals surface area contributed by atoms with E-state index in [2.05, 4.69) is 29.1 Å². The fourth-order valence-corrected chi connectivity index (χ4v) is 2.62. The summed E-state index contributed by atoms with van der Waals surface area (Å²) in [5.41, 5.74) is 1.50. The Hall–Kier alpha value is -2.76. The summed E-state index contributed by atoms with van der Waals surface area (Å²) in [5.74, 6) is 0.245. The molecule has 2 aromatic rings. The van der Waals surface area contributed by atoms with Crippen LogP contribution in [0.3, 0.4) is 0 Å². The van der Waals surface area contributed by atoms with Gasteiger partial charge >= 0.3 is 0 Å². The van der Waals surface area contributed by atoms with E-state index >= 15 is 0 Å². The third-order valence-electron chi connectivity index (χ3n) is 4.23. The number of hydrogen-bond acceptors (Lipinski definition) is 4. The lowest BCUT2D eigenvalue weighted by atomic mass is 10.1. The zero-order chi connectivity index (χ0) is 19.5. The molecule has 0 unspecified atom stereocenters. The third kappa shape index (κ3) is 7.56. The molecule has 0 aliphatic rings. The number of nitrogens with one attached hydrogen (secondary N) is 1. The second kappa shape index (κ2) is 11.1. The smallest absolute Gasteiger partial charge is 0.274 e. The lowest BCUT2D eigenvalue weighted by Crippen LogP contribution is -2.37. The van der Waals surface area contributed by atoms with Gasteiger partial charge in [-0.2, -0.15) is 0 Å². The standard InChI is InChI=1S/C21H28N4O2/c1-17(2)9-14-25(21(27)19-16-22-12-13-23-19)15-10-20(26)24-11-8-18-6-4-3-5-7-18/h3-7,12-13,16-17H,8-11,14-15H2,1-2H3,(H,24,26). The predicted octanol–water partition coefficient (Wildman–Crippen LogP) is 2.71. The fourth-order valence-electron chi connectivity index (χ4n) is 2.62. The van der Waals surface area contributed by atoms with Crippen molar-refractivity contribution in [2.45, 2.75) is 33.1 Å². The second-order valence-electron chi connectivity index (χ2n) is 6.90. The second-order valence-corrected chi connectivity index (χ2v) is 6.90. The molecule has 0 spiro atoms. The van der Waals surface area contributed by atoms with Crippen LogP contribution in [0.2, 0.25) is 0 Å². The lowest BCUT2D eigenvalue weighted by molar-refractivity contribution is -0.121. The van der Waals surface area contributed by atoms with Crippen molar-refractivity contribution < 1.29 is 9.59 Å². The minimum absolute atomic E-state index is 0.0487. The van der Waals surface area contributed by atoms with E-state index in [1.54, 1.807) is 4.90 Å². The summed E-state index contributed by atoms with van der Waals surface area (Å²) >= 11 is 0. The summed E-state index contributed by atoms with van der Waals surface area (Å²) in [4.78, 5) is 34.6. The molecule has 1 N–H and O–H groups in total. The molecule has 6 heteroatoms. The summed E-state index contributed by atoms with van der Waals surface area (Å²) < 4.78 is 0. The van der Waals surface area contributed by atoms with Crippen LogP contribution in [0.15, 0.2) is 48.9 Å². The molecule has 144 valence electrons. The van der Waals surface area contributed by atoms with Gasteiger partial charge in [0, 0.05) is 38.4 Å². The monoisotopic (exact) mass is 368 g/mol. The minimum atomic E-state index is -0.180. The third-order valence-corrected chi connectivity index (χ3v) is 4.23. The van der Waals surface area contributed by atoms with Gasteiger partial charge in [-0.1, -0.05) is 44.2 Å². The number of hydrogen-bond donors (Lipinski definition) is 1. The van der Waals surface area contributed by atoms with Gasteiger partial charge in [0.2, 0.25) is 5.91 Å². The molecule has 0 saturated carbocycles. The fraction of sp³-hybridized carbons (Fsp3) is 0.429. The van der Waals surface area contributed by atoms with Crippen LogP contribution in [-0.4, -0.2) is 46.3 Å². The Balaban J connectivity index is 1.83. The van der Waals surface area contributed by atoms with E-state index < -0.39 is 0 Å². The first-order valence-corrected chi connectivity index (χ1v) is 9.42. The molecule has 6 nitrogen and oxygen atoms in total. The first kappa shape index (κ1) is 20.6. The molecule has 27 heavy (non-hydrogen) atoms. The van der Waals surface area contributed by atoms with E-state index in [-0.39, 0.29) is 18.2 Å². The van der Waals surface area contributed by atoms with Crippen LogP contribution in [0, 0.1) is 5.92 Å². The average molecular weight is 368 g/mol. The highest BCUT2D eigenvalue weighted by atomic mass is 16.2. The van der Waals surface area contributed by atoms with E-state index in [9.17, 15) is 9.59 Å². The molecule has 0 atom stereocenters. The summed E-state index contributed by atoms with van der Waals surface area (Å²) in [6.07, 6.45) is 6.45. The molecule has 0 fully saturated rings. The summed E-state index contributed by atoms with van der Waals surface area (Å²) in [5, 5.41) is 2.93. The Morgan fingerprint density at radius 3 is 2.56 bits per heavy atom. The first-order chi connectivity index (χ1) is 13.1. The number of aromatic nitrogens is 2. The van der Waals surface area contributed by atoms with Crippen molar-refractivity contribution in [3.8, 4) is 0 Å².